The molecule has 0 fully saturated rings. The Morgan fingerprint density at radius 2 is 2.33 bits per heavy atom. The summed E-state index contributed by atoms with van der Waals surface area (Å²) in [6, 6.07) is 0. The maximum absolute atomic E-state index is 12.5. The predicted octanol–water partition coefficient (Wildman–Crippen LogP) is 2.52. The molecule has 0 aromatic carbocycles. The summed E-state index contributed by atoms with van der Waals surface area (Å²) in [5.74, 6) is 0. The van der Waals surface area contributed by atoms with E-state index in [0.29, 0.717) is 6.42 Å². The number of alkyl halides is 3. The van der Waals surface area contributed by atoms with Gasteiger partial charge in [0.15, 0.2) is 0 Å². The summed E-state index contributed by atoms with van der Waals surface area (Å²) < 4.78 is 17.3. The smallest absolute Gasteiger partial charge is 0.125 e. The summed E-state index contributed by atoms with van der Waals surface area (Å²) in [4.78, 5) is 0. The number of methoxy groups -OCH3 is 1. The molecule has 0 bridgehead atoms. The van der Waals surface area contributed by atoms with E-state index in [1.165, 1.54) is 7.11 Å². The van der Waals surface area contributed by atoms with E-state index >= 15 is 0 Å². The number of hydrogen-bond donors (Lipinski definition) is 0. The first-order valence-electron chi connectivity index (χ1n) is 2.58. The summed E-state index contributed by atoms with van der Waals surface area (Å²) in [5.41, 5.74) is 0. The van der Waals surface area contributed by atoms with Crippen molar-refractivity contribution in [2.45, 2.75) is 15.4 Å². The fourth-order valence-corrected chi connectivity index (χ4v) is 1.40. The van der Waals surface area contributed by atoms with Crippen molar-refractivity contribution in [3.63, 3.8) is 0 Å². The molecule has 0 aliphatic rings. The highest BCUT2D eigenvalue weighted by Gasteiger charge is 2.09. The molecule has 0 saturated heterocycles. The first-order chi connectivity index (χ1) is 4.16. The van der Waals surface area contributed by atoms with E-state index in [1.807, 2.05) is 0 Å². The average molecular weight is 311 g/mol. The van der Waals surface area contributed by atoms with Crippen LogP contribution in [0.4, 0.5) is 4.39 Å². The maximum atomic E-state index is 12.5. The molecule has 4 heteroatoms. The Morgan fingerprint density at radius 3 is 2.67 bits per heavy atom. The van der Waals surface area contributed by atoms with Crippen molar-refractivity contribution in [1.82, 2.24) is 0 Å². The van der Waals surface area contributed by atoms with Gasteiger partial charge < -0.3 is 4.74 Å². The second kappa shape index (κ2) is 5.85. The third kappa shape index (κ3) is 6.99. The molecule has 0 aliphatic carbocycles. The lowest BCUT2D eigenvalue weighted by molar-refractivity contribution is 0.122. The van der Waals surface area contributed by atoms with E-state index in [1.54, 1.807) is 0 Å². The second-order valence-corrected chi connectivity index (χ2v) is 6.00. The number of hydrogen-bond acceptors (Lipinski definition) is 1. The lowest BCUT2D eigenvalue weighted by Gasteiger charge is -2.06. The predicted molar refractivity (Wildman–Crippen MR) is 48.1 cm³/mol. The Labute approximate surface area is 76.6 Å². The Bertz CT molecular complexity index is 72.0. The minimum absolute atomic E-state index is 0.200. The number of halogens is 3. The molecule has 56 valence electrons. The molecular weight excluding hydrogens is 302 g/mol. The summed E-state index contributed by atoms with van der Waals surface area (Å²) in [5, 5.41) is 0. The zero-order valence-electron chi connectivity index (χ0n) is 5.11. The van der Waals surface area contributed by atoms with Gasteiger partial charge in [-0.3, -0.25) is 0 Å². The lowest BCUT2D eigenvalue weighted by Crippen LogP contribution is -2.10. The molecule has 0 aromatic rings. The molecule has 0 saturated carbocycles. The van der Waals surface area contributed by atoms with Gasteiger partial charge in [0.05, 0.1) is 9.44 Å². The highest BCUT2D eigenvalue weighted by atomic mass is 127. The van der Waals surface area contributed by atoms with Gasteiger partial charge in [-0.2, -0.15) is 0 Å². The molecule has 0 rings (SSSR count). The number of ether oxygens (including phenoxy) is 1. The van der Waals surface area contributed by atoms with Crippen molar-refractivity contribution in [1.29, 1.82) is 0 Å². The Balaban J connectivity index is 3.15. The molecule has 9 heavy (non-hydrogen) atoms. The number of rotatable bonds is 4. The third-order valence-electron chi connectivity index (χ3n) is 0.781. The Morgan fingerprint density at radius 1 is 1.78 bits per heavy atom. The molecule has 1 unspecified atom stereocenters. The Hall–Kier alpha value is 1.10. The standard InChI is InChI=1S/C5H9BrFIO/c1-9-3-4(7)2-5(6)8/h4-5H,2-3H2,1H3/t4?,5-/m0/s1. The molecule has 1 nitrogen and oxygen atoms in total. The van der Waals surface area contributed by atoms with Crippen molar-refractivity contribution in [2.75, 3.05) is 13.7 Å². The van der Waals surface area contributed by atoms with Crippen molar-refractivity contribution in [2.24, 2.45) is 0 Å². The van der Waals surface area contributed by atoms with Crippen molar-refractivity contribution in [3.05, 3.63) is 0 Å². The van der Waals surface area contributed by atoms with Crippen LogP contribution >= 0.6 is 38.5 Å². The SMILES string of the molecule is COCC(F)C[C@@H](Br)I. The Kier molecular flexibility index (Phi) is 6.57. The molecule has 2 atom stereocenters. The van der Waals surface area contributed by atoms with Gasteiger partial charge in [-0.25, -0.2) is 4.39 Å². The summed E-state index contributed by atoms with van der Waals surface area (Å²) in [7, 11) is 1.50. The quantitative estimate of drug-likeness (QED) is 0.573. The van der Waals surface area contributed by atoms with Gasteiger partial charge in [0, 0.05) is 13.5 Å². The minimum Gasteiger partial charge on any atom is -0.382 e. The highest BCUT2D eigenvalue weighted by molar-refractivity contribution is 14.1. The minimum atomic E-state index is -0.837. The van der Waals surface area contributed by atoms with E-state index in [4.69, 9.17) is 0 Å². The van der Waals surface area contributed by atoms with Crippen LogP contribution in [-0.2, 0) is 4.74 Å². The van der Waals surface area contributed by atoms with Gasteiger partial charge in [0.25, 0.3) is 0 Å². The molecule has 0 N–H and O–H groups in total. The van der Waals surface area contributed by atoms with Crippen molar-refractivity contribution >= 4 is 38.5 Å². The third-order valence-corrected chi connectivity index (χ3v) is 1.66. The molecular formula is C5H9BrFIO. The van der Waals surface area contributed by atoms with Crippen LogP contribution in [0, 0.1) is 0 Å². The monoisotopic (exact) mass is 310 g/mol. The first-order valence-corrected chi connectivity index (χ1v) is 4.74. The summed E-state index contributed by atoms with van der Waals surface area (Å²) in [6.07, 6.45) is -0.328. The zero-order valence-corrected chi connectivity index (χ0v) is 8.85. The van der Waals surface area contributed by atoms with Crippen molar-refractivity contribution in [3.8, 4) is 0 Å². The second-order valence-electron chi connectivity index (χ2n) is 1.68. The van der Waals surface area contributed by atoms with E-state index in [-0.39, 0.29) is 9.44 Å². The van der Waals surface area contributed by atoms with Crippen LogP contribution in [0.3, 0.4) is 0 Å². The first kappa shape index (κ1) is 10.1. The fourth-order valence-electron chi connectivity index (χ4n) is 0.442. The van der Waals surface area contributed by atoms with Gasteiger partial charge in [-0.1, -0.05) is 38.5 Å². The van der Waals surface area contributed by atoms with Gasteiger partial charge >= 0.3 is 0 Å². The van der Waals surface area contributed by atoms with Crippen LogP contribution in [0.25, 0.3) is 0 Å². The van der Waals surface area contributed by atoms with Gasteiger partial charge in [0.2, 0.25) is 0 Å². The van der Waals surface area contributed by atoms with Crippen LogP contribution in [0.5, 0.6) is 0 Å². The molecule has 0 radical (unpaired) electrons. The molecule has 0 spiro atoms. The van der Waals surface area contributed by atoms with Gasteiger partial charge in [-0.05, 0) is 0 Å². The van der Waals surface area contributed by atoms with Crippen LogP contribution in [0.2, 0.25) is 0 Å². The van der Waals surface area contributed by atoms with E-state index in [2.05, 4.69) is 43.3 Å². The topological polar surface area (TPSA) is 9.23 Å². The van der Waals surface area contributed by atoms with Gasteiger partial charge in [0.1, 0.15) is 6.17 Å². The summed E-state index contributed by atoms with van der Waals surface area (Å²) >= 11 is 5.35. The largest absolute Gasteiger partial charge is 0.382 e. The molecule has 0 amide bonds. The zero-order chi connectivity index (χ0) is 7.28. The van der Waals surface area contributed by atoms with Crippen LogP contribution in [0.1, 0.15) is 6.42 Å². The average Bonchev–Trinajstić information content (AvgIpc) is 1.63. The maximum Gasteiger partial charge on any atom is 0.125 e. The van der Waals surface area contributed by atoms with Crippen LogP contribution < -0.4 is 0 Å². The fraction of sp³-hybridized carbons (Fsp3) is 1.00. The lowest BCUT2D eigenvalue weighted by atomic mass is 10.3. The summed E-state index contributed by atoms with van der Waals surface area (Å²) in [6.45, 7) is 0.200. The molecule has 0 heterocycles. The highest BCUT2D eigenvalue weighted by Crippen LogP contribution is 2.17. The van der Waals surface area contributed by atoms with Gasteiger partial charge in [-0.15, -0.1) is 0 Å². The van der Waals surface area contributed by atoms with Crippen molar-refractivity contribution < 1.29 is 9.13 Å². The van der Waals surface area contributed by atoms with E-state index in [0.717, 1.165) is 0 Å². The van der Waals surface area contributed by atoms with E-state index < -0.39 is 6.17 Å². The van der Waals surface area contributed by atoms with Crippen LogP contribution in [0.15, 0.2) is 0 Å². The van der Waals surface area contributed by atoms with Crippen LogP contribution in [-0.4, -0.2) is 22.7 Å². The molecule has 0 aliphatic heterocycles. The molecule has 0 aromatic heterocycles. The normalized spacial score (nSPS) is 17.3. The van der Waals surface area contributed by atoms with E-state index in [9.17, 15) is 4.39 Å².